The summed E-state index contributed by atoms with van der Waals surface area (Å²) < 4.78 is 0. The largest absolute Gasteiger partial charge is 0.297 e. The Balaban J connectivity index is 2.89. The lowest BCUT2D eigenvalue weighted by Crippen LogP contribution is -2.52. The number of hydrogen-bond acceptors (Lipinski definition) is 2. The fourth-order valence-electron chi connectivity index (χ4n) is 2.87. The van der Waals surface area contributed by atoms with Gasteiger partial charge in [0.05, 0.1) is 5.54 Å². The second-order valence-corrected chi connectivity index (χ2v) is 5.51. The molecule has 1 fully saturated rings. The van der Waals surface area contributed by atoms with E-state index in [1.165, 1.54) is 25.7 Å². The van der Waals surface area contributed by atoms with Crippen LogP contribution in [0.4, 0.5) is 0 Å². The summed E-state index contributed by atoms with van der Waals surface area (Å²) in [6.07, 6.45) is 8.09. The molecule has 0 aromatic rings. The molecule has 0 saturated heterocycles. The minimum Gasteiger partial charge on any atom is -0.297 e. The molecule has 0 aliphatic heterocycles. The molecule has 0 spiro atoms. The van der Waals surface area contributed by atoms with E-state index in [9.17, 15) is 4.79 Å². The maximum absolute atomic E-state index is 12.6. The highest BCUT2D eigenvalue weighted by molar-refractivity contribution is 5.90. The molecule has 1 atom stereocenters. The topological polar surface area (TPSA) is 20.3 Å². The fraction of sp³-hybridized carbons (Fsp3) is 0.929. The average molecular weight is 225 g/mol. The van der Waals surface area contributed by atoms with Crippen molar-refractivity contribution in [2.45, 2.75) is 64.3 Å². The summed E-state index contributed by atoms with van der Waals surface area (Å²) in [5, 5.41) is 0. The van der Waals surface area contributed by atoms with E-state index in [1.807, 2.05) is 0 Å². The lowest BCUT2D eigenvalue weighted by molar-refractivity contribution is -0.134. The van der Waals surface area contributed by atoms with Crippen LogP contribution in [0.3, 0.4) is 0 Å². The van der Waals surface area contributed by atoms with Gasteiger partial charge in [-0.3, -0.25) is 9.69 Å². The van der Waals surface area contributed by atoms with E-state index in [4.69, 9.17) is 0 Å². The number of nitrogens with zero attached hydrogens (tertiary/aromatic N) is 1. The molecule has 2 heteroatoms. The second kappa shape index (κ2) is 5.81. The number of likely N-dealkylation sites (N-methyl/N-ethyl adjacent to an activating group) is 1. The van der Waals surface area contributed by atoms with Crippen molar-refractivity contribution in [3.05, 3.63) is 0 Å². The Morgan fingerprint density at radius 3 is 2.06 bits per heavy atom. The quantitative estimate of drug-likeness (QED) is 0.684. The first-order valence-electron chi connectivity index (χ1n) is 6.76. The van der Waals surface area contributed by atoms with Crippen LogP contribution in [0.5, 0.6) is 0 Å². The summed E-state index contributed by atoms with van der Waals surface area (Å²) in [7, 11) is 4.15. The molecule has 0 amide bonds. The van der Waals surface area contributed by atoms with Crippen molar-refractivity contribution in [3.63, 3.8) is 0 Å². The van der Waals surface area contributed by atoms with E-state index >= 15 is 0 Å². The predicted molar refractivity (Wildman–Crippen MR) is 68.6 cm³/mol. The van der Waals surface area contributed by atoms with E-state index in [1.54, 1.807) is 0 Å². The lowest BCUT2D eigenvalue weighted by Gasteiger charge is -2.39. The van der Waals surface area contributed by atoms with Gasteiger partial charge in [-0.05, 0) is 33.4 Å². The highest BCUT2D eigenvalue weighted by Gasteiger charge is 2.41. The summed E-state index contributed by atoms with van der Waals surface area (Å²) in [4.78, 5) is 14.8. The second-order valence-electron chi connectivity index (χ2n) is 5.51. The normalized spacial score (nSPS) is 22.8. The molecule has 0 N–H and O–H groups in total. The summed E-state index contributed by atoms with van der Waals surface area (Å²) in [5.74, 6) is 0.683. The Labute approximate surface area is 100 Å². The molecule has 1 aliphatic rings. The molecular formula is C14H27NO. The van der Waals surface area contributed by atoms with Crippen molar-refractivity contribution < 1.29 is 4.79 Å². The van der Waals surface area contributed by atoms with Crippen LogP contribution in [-0.2, 0) is 4.79 Å². The van der Waals surface area contributed by atoms with Crippen LogP contribution >= 0.6 is 0 Å². The minimum atomic E-state index is -0.161. The van der Waals surface area contributed by atoms with Crippen LogP contribution in [0.1, 0.15) is 58.8 Å². The summed E-state index contributed by atoms with van der Waals surface area (Å²) >= 11 is 0. The van der Waals surface area contributed by atoms with E-state index in [-0.39, 0.29) is 11.5 Å². The summed E-state index contributed by atoms with van der Waals surface area (Å²) in [5.41, 5.74) is -0.161. The molecule has 1 rings (SSSR count). The van der Waals surface area contributed by atoms with Crippen molar-refractivity contribution in [2.75, 3.05) is 14.1 Å². The number of ketones is 1. The molecule has 0 aromatic heterocycles. The van der Waals surface area contributed by atoms with Gasteiger partial charge in [-0.15, -0.1) is 0 Å². The Morgan fingerprint density at radius 2 is 1.69 bits per heavy atom. The van der Waals surface area contributed by atoms with Gasteiger partial charge in [0.25, 0.3) is 0 Å². The minimum absolute atomic E-state index is 0.161. The average Bonchev–Trinajstić information content (AvgIpc) is 2.53. The Hall–Kier alpha value is -0.370. The molecule has 0 radical (unpaired) electrons. The van der Waals surface area contributed by atoms with Crippen molar-refractivity contribution in [3.8, 4) is 0 Å². The zero-order valence-corrected chi connectivity index (χ0v) is 11.4. The van der Waals surface area contributed by atoms with Crippen LogP contribution in [0.15, 0.2) is 0 Å². The molecule has 0 aromatic carbocycles. The maximum Gasteiger partial charge on any atom is 0.155 e. The number of Topliss-reactive ketones (excluding diaryl/α,β-unsaturated/α-hetero) is 1. The van der Waals surface area contributed by atoms with Crippen molar-refractivity contribution >= 4 is 5.78 Å². The Morgan fingerprint density at radius 1 is 1.19 bits per heavy atom. The van der Waals surface area contributed by atoms with Gasteiger partial charge < -0.3 is 0 Å². The van der Waals surface area contributed by atoms with Gasteiger partial charge in [0.1, 0.15) is 0 Å². The van der Waals surface area contributed by atoms with Crippen molar-refractivity contribution in [2.24, 2.45) is 5.92 Å². The van der Waals surface area contributed by atoms with Gasteiger partial charge in [-0.2, -0.15) is 0 Å². The highest BCUT2D eigenvalue weighted by atomic mass is 16.1. The smallest absolute Gasteiger partial charge is 0.155 e. The van der Waals surface area contributed by atoms with Gasteiger partial charge in [-0.25, -0.2) is 0 Å². The van der Waals surface area contributed by atoms with Crippen molar-refractivity contribution in [1.82, 2.24) is 4.90 Å². The van der Waals surface area contributed by atoms with Crippen LogP contribution in [-0.4, -0.2) is 30.3 Å². The van der Waals surface area contributed by atoms with Crippen LogP contribution < -0.4 is 0 Å². The Kier molecular flexibility index (Phi) is 4.97. The first kappa shape index (κ1) is 13.7. The number of carbonyl (C=O) groups excluding carboxylic acids is 1. The number of hydrogen-bond donors (Lipinski definition) is 0. The molecule has 2 nitrogen and oxygen atoms in total. The van der Waals surface area contributed by atoms with Gasteiger partial charge in [-0.1, -0.05) is 39.5 Å². The van der Waals surface area contributed by atoms with E-state index < -0.39 is 0 Å². The number of rotatable bonds is 4. The molecule has 1 saturated carbocycles. The third-order valence-electron chi connectivity index (χ3n) is 4.31. The molecule has 0 bridgehead atoms. The first-order chi connectivity index (χ1) is 7.54. The zero-order chi connectivity index (χ0) is 12.2. The summed E-state index contributed by atoms with van der Waals surface area (Å²) in [6.45, 7) is 4.20. The van der Waals surface area contributed by atoms with E-state index in [0.29, 0.717) is 5.78 Å². The molecule has 94 valence electrons. The SMILES string of the molecule is CCC(C)C(=O)C1(N(C)C)CCCCCC1. The van der Waals surface area contributed by atoms with Crippen molar-refractivity contribution in [1.29, 1.82) is 0 Å². The molecule has 0 heterocycles. The molecule has 16 heavy (non-hydrogen) atoms. The Bertz CT molecular complexity index is 227. The fourth-order valence-corrected chi connectivity index (χ4v) is 2.87. The van der Waals surface area contributed by atoms with Gasteiger partial charge in [0.2, 0.25) is 0 Å². The van der Waals surface area contributed by atoms with Crippen LogP contribution in [0.25, 0.3) is 0 Å². The standard InChI is InChI=1S/C14H27NO/c1-5-12(2)13(16)14(15(3)4)10-8-6-7-9-11-14/h12H,5-11H2,1-4H3. The third-order valence-corrected chi connectivity index (χ3v) is 4.31. The third kappa shape index (κ3) is 2.65. The number of carbonyl (C=O) groups is 1. The van der Waals surface area contributed by atoms with Gasteiger partial charge in [0, 0.05) is 5.92 Å². The summed E-state index contributed by atoms with van der Waals surface area (Å²) in [6, 6.07) is 0. The maximum atomic E-state index is 12.6. The van der Waals surface area contributed by atoms with Gasteiger partial charge >= 0.3 is 0 Å². The van der Waals surface area contributed by atoms with Gasteiger partial charge in [0.15, 0.2) is 5.78 Å². The zero-order valence-electron chi connectivity index (χ0n) is 11.4. The van der Waals surface area contributed by atoms with Crippen LogP contribution in [0, 0.1) is 5.92 Å². The lowest BCUT2D eigenvalue weighted by atomic mass is 9.78. The molecular weight excluding hydrogens is 198 g/mol. The molecule has 1 aliphatic carbocycles. The van der Waals surface area contributed by atoms with E-state index in [2.05, 4.69) is 32.8 Å². The van der Waals surface area contributed by atoms with E-state index in [0.717, 1.165) is 19.3 Å². The highest BCUT2D eigenvalue weighted by Crippen LogP contribution is 2.34. The monoisotopic (exact) mass is 225 g/mol. The predicted octanol–water partition coefficient (Wildman–Crippen LogP) is 3.26. The molecule has 1 unspecified atom stereocenters. The first-order valence-corrected chi connectivity index (χ1v) is 6.76. The van der Waals surface area contributed by atoms with Crippen LogP contribution in [0.2, 0.25) is 0 Å².